The van der Waals surface area contributed by atoms with Crippen LogP contribution in [0.3, 0.4) is 0 Å². The molecule has 32 heavy (non-hydrogen) atoms. The van der Waals surface area contributed by atoms with Gasteiger partial charge in [0.15, 0.2) is 0 Å². The van der Waals surface area contributed by atoms with Gasteiger partial charge in [0.2, 0.25) is 5.91 Å². The molecule has 3 aromatic rings. The minimum atomic E-state index is -1.09. The van der Waals surface area contributed by atoms with Crippen LogP contribution in [0.4, 0.5) is 0 Å². The molecule has 0 spiro atoms. The molecule has 3 rings (SSSR count). The molecular formula is C25H23Cl2NO4. The standard InChI is InChI=1S/C25H23Cl2NO4/c1-32-19-10-7-17(8-11-19)20(18-9-12-21(26)22(27)14-18)15-24(29)28-23(25(30)31)13-16-5-3-2-4-6-16/h2-12,14,20,23H,13,15H2,1H3,(H,28,29)(H,30,31). The van der Waals surface area contributed by atoms with Gasteiger partial charge >= 0.3 is 5.97 Å². The first-order valence-corrected chi connectivity index (χ1v) is 10.8. The van der Waals surface area contributed by atoms with Crippen molar-refractivity contribution in [3.8, 4) is 5.75 Å². The molecule has 2 atom stereocenters. The van der Waals surface area contributed by atoms with E-state index in [1.165, 1.54) is 0 Å². The number of hydrogen-bond donors (Lipinski definition) is 2. The summed E-state index contributed by atoms with van der Waals surface area (Å²) in [4.78, 5) is 24.7. The lowest BCUT2D eigenvalue weighted by Gasteiger charge is -2.21. The molecule has 0 bridgehead atoms. The first kappa shape index (κ1) is 23.6. The topological polar surface area (TPSA) is 75.6 Å². The number of aliphatic carboxylic acids is 1. The van der Waals surface area contributed by atoms with E-state index in [1.807, 2.05) is 60.7 Å². The average molecular weight is 472 g/mol. The van der Waals surface area contributed by atoms with Crippen LogP contribution in [0.2, 0.25) is 10.0 Å². The van der Waals surface area contributed by atoms with Gasteiger partial charge in [-0.15, -0.1) is 0 Å². The van der Waals surface area contributed by atoms with Crippen LogP contribution in [-0.2, 0) is 16.0 Å². The molecule has 0 aliphatic rings. The van der Waals surface area contributed by atoms with Gasteiger partial charge in [-0.3, -0.25) is 4.79 Å². The minimum Gasteiger partial charge on any atom is -0.497 e. The van der Waals surface area contributed by atoms with Crippen LogP contribution >= 0.6 is 23.2 Å². The first-order chi connectivity index (χ1) is 15.4. The van der Waals surface area contributed by atoms with E-state index >= 15 is 0 Å². The summed E-state index contributed by atoms with van der Waals surface area (Å²) in [7, 11) is 1.58. The van der Waals surface area contributed by atoms with Crippen molar-refractivity contribution < 1.29 is 19.4 Å². The summed E-state index contributed by atoms with van der Waals surface area (Å²) >= 11 is 12.3. The van der Waals surface area contributed by atoms with Crippen LogP contribution in [0, 0.1) is 0 Å². The minimum absolute atomic E-state index is 0.0445. The maximum absolute atomic E-state index is 12.9. The molecule has 0 radical (unpaired) electrons. The number of ether oxygens (including phenoxy) is 1. The van der Waals surface area contributed by atoms with Crippen molar-refractivity contribution in [1.29, 1.82) is 0 Å². The summed E-state index contributed by atoms with van der Waals surface area (Å²) in [5.74, 6) is -1.11. The Balaban J connectivity index is 1.83. The fourth-order valence-corrected chi connectivity index (χ4v) is 3.79. The molecule has 2 N–H and O–H groups in total. The molecule has 0 aliphatic carbocycles. The fraction of sp³-hybridized carbons (Fsp3) is 0.200. The van der Waals surface area contributed by atoms with Crippen molar-refractivity contribution >= 4 is 35.1 Å². The lowest BCUT2D eigenvalue weighted by molar-refractivity contribution is -0.141. The Morgan fingerprint density at radius 1 is 0.938 bits per heavy atom. The molecule has 7 heteroatoms. The summed E-state index contributed by atoms with van der Waals surface area (Å²) in [6.45, 7) is 0. The van der Waals surface area contributed by atoms with Gasteiger partial charge in [0.1, 0.15) is 11.8 Å². The van der Waals surface area contributed by atoms with Crippen LogP contribution in [-0.4, -0.2) is 30.1 Å². The highest BCUT2D eigenvalue weighted by molar-refractivity contribution is 6.42. The first-order valence-electron chi connectivity index (χ1n) is 10.0. The number of amides is 1. The number of rotatable bonds is 9. The molecule has 0 fully saturated rings. The van der Waals surface area contributed by atoms with Gasteiger partial charge in [-0.25, -0.2) is 4.79 Å². The Bertz CT molecular complexity index is 1070. The number of halogens is 2. The zero-order valence-electron chi connectivity index (χ0n) is 17.4. The van der Waals surface area contributed by atoms with Gasteiger partial charge in [0, 0.05) is 18.8 Å². The Hall–Kier alpha value is -3.02. The fourth-order valence-electron chi connectivity index (χ4n) is 3.48. The Kier molecular flexibility index (Phi) is 8.14. The highest BCUT2D eigenvalue weighted by Crippen LogP contribution is 2.33. The smallest absolute Gasteiger partial charge is 0.326 e. The number of benzene rings is 3. The number of carboxylic acids is 1. The van der Waals surface area contributed by atoms with Gasteiger partial charge < -0.3 is 15.2 Å². The zero-order valence-corrected chi connectivity index (χ0v) is 18.9. The largest absolute Gasteiger partial charge is 0.497 e. The molecule has 166 valence electrons. The number of hydrogen-bond acceptors (Lipinski definition) is 3. The second-order valence-corrected chi connectivity index (χ2v) is 8.17. The monoisotopic (exact) mass is 471 g/mol. The van der Waals surface area contributed by atoms with Crippen LogP contribution in [0.25, 0.3) is 0 Å². The predicted octanol–water partition coefficient (Wildman–Crippen LogP) is 5.34. The summed E-state index contributed by atoms with van der Waals surface area (Å²) in [5.41, 5.74) is 2.50. The van der Waals surface area contributed by atoms with E-state index in [2.05, 4.69) is 5.32 Å². The maximum Gasteiger partial charge on any atom is 0.326 e. The summed E-state index contributed by atoms with van der Waals surface area (Å²) in [6, 6.07) is 20.7. The van der Waals surface area contributed by atoms with Crippen LogP contribution in [0.5, 0.6) is 5.75 Å². The van der Waals surface area contributed by atoms with E-state index in [4.69, 9.17) is 27.9 Å². The van der Waals surface area contributed by atoms with Crippen LogP contribution in [0.15, 0.2) is 72.8 Å². The van der Waals surface area contributed by atoms with Crippen molar-refractivity contribution in [2.75, 3.05) is 7.11 Å². The Labute approximate surface area is 196 Å². The van der Waals surface area contributed by atoms with Crippen molar-refractivity contribution in [3.05, 3.63) is 99.5 Å². The molecule has 0 aliphatic heterocycles. The van der Waals surface area contributed by atoms with Gasteiger partial charge in [0.05, 0.1) is 17.2 Å². The van der Waals surface area contributed by atoms with Crippen molar-refractivity contribution in [3.63, 3.8) is 0 Å². The quantitative estimate of drug-likeness (QED) is 0.441. The third kappa shape index (κ3) is 6.25. The lowest BCUT2D eigenvalue weighted by atomic mass is 9.88. The van der Waals surface area contributed by atoms with Crippen molar-refractivity contribution in [2.24, 2.45) is 0 Å². The van der Waals surface area contributed by atoms with E-state index in [0.29, 0.717) is 15.8 Å². The zero-order chi connectivity index (χ0) is 23.1. The van der Waals surface area contributed by atoms with Crippen LogP contribution < -0.4 is 10.1 Å². The molecule has 5 nitrogen and oxygen atoms in total. The van der Waals surface area contributed by atoms with E-state index < -0.39 is 12.0 Å². The third-order valence-electron chi connectivity index (χ3n) is 5.17. The number of carbonyl (C=O) groups is 2. The van der Waals surface area contributed by atoms with E-state index in [9.17, 15) is 14.7 Å². The van der Waals surface area contributed by atoms with E-state index in [0.717, 1.165) is 16.7 Å². The second-order valence-electron chi connectivity index (χ2n) is 7.35. The summed E-state index contributed by atoms with van der Waals surface area (Å²) < 4.78 is 5.22. The molecule has 0 aromatic heterocycles. The van der Waals surface area contributed by atoms with E-state index in [1.54, 1.807) is 19.2 Å². The van der Waals surface area contributed by atoms with Crippen LogP contribution in [0.1, 0.15) is 29.0 Å². The third-order valence-corrected chi connectivity index (χ3v) is 5.91. The summed E-state index contributed by atoms with van der Waals surface area (Å²) in [5, 5.41) is 13.1. The lowest BCUT2D eigenvalue weighted by Crippen LogP contribution is -2.42. The molecule has 0 saturated carbocycles. The molecule has 3 aromatic carbocycles. The Morgan fingerprint density at radius 3 is 2.19 bits per heavy atom. The predicted molar refractivity (Wildman–Crippen MR) is 126 cm³/mol. The molecular weight excluding hydrogens is 449 g/mol. The van der Waals surface area contributed by atoms with Gasteiger partial charge in [-0.05, 0) is 41.0 Å². The summed E-state index contributed by atoms with van der Waals surface area (Å²) in [6.07, 6.45) is 0.241. The molecule has 0 heterocycles. The number of methoxy groups -OCH3 is 1. The Morgan fingerprint density at radius 2 is 1.59 bits per heavy atom. The van der Waals surface area contributed by atoms with Crippen molar-refractivity contribution in [2.45, 2.75) is 24.8 Å². The maximum atomic E-state index is 12.9. The molecule has 0 saturated heterocycles. The van der Waals surface area contributed by atoms with Crippen molar-refractivity contribution in [1.82, 2.24) is 5.32 Å². The number of carboxylic acid groups (broad SMARTS) is 1. The number of nitrogens with one attached hydrogen (secondary N) is 1. The van der Waals surface area contributed by atoms with Gasteiger partial charge in [-0.2, -0.15) is 0 Å². The molecule has 1 amide bonds. The van der Waals surface area contributed by atoms with E-state index in [-0.39, 0.29) is 24.7 Å². The average Bonchev–Trinajstić information content (AvgIpc) is 2.79. The normalized spacial score (nSPS) is 12.6. The molecule has 2 unspecified atom stereocenters. The SMILES string of the molecule is COc1ccc(C(CC(=O)NC(Cc2ccccc2)C(=O)O)c2ccc(Cl)c(Cl)c2)cc1. The highest BCUT2D eigenvalue weighted by atomic mass is 35.5. The van der Waals surface area contributed by atoms with Gasteiger partial charge in [0.25, 0.3) is 0 Å². The highest BCUT2D eigenvalue weighted by Gasteiger charge is 2.24. The second kappa shape index (κ2) is 11.0. The number of carbonyl (C=O) groups excluding carboxylic acids is 1. The van der Waals surface area contributed by atoms with Gasteiger partial charge in [-0.1, -0.05) is 71.7 Å².